The van der Waals surface area contributed by atoms with Crippen LogP contribution < -0.4 is 0 Å². The quantitative estimate of drug-likeness (QED) is 0.719. The first-order chi connectivity index (χ1) is 12.8. The molecule has 4 rings (SSSR count). The van der Waals surface area contributed by atoms with Gasteiger partial charge >= 0.3 is 0 Å². The van der Waals surface area contributed by atoms with E-state index in [9.17, 15) is 4.79 Å². The average molecular weight is 348 g/mol. The SMILES string of the molecule is CCCn1c(C2CCCN(C(=O)c3ccncc3)C2)nc2ccccc21. The van der Waals surface area contributed by atoms with Crippen LogP contribution in [0.2, 0.25) is 0 Å². The van der Waals surface area contributed by atoms with Gasteiger partial charge in [0.1, 0.15) is 5.82 Å². The van der Waals surface area contributed by atoms with Crippen LogP contribution in [-0.2, 0) is 6.54 Å². The lowest BCUT2D eigenvalue weighted by molar-refractivity contribution is 0.0703. The lowest BCUT2D eigenvalue weighted by Gasteiger charge is -2.32. The first-order valence-electron chi connectivity index (χ1n) is 9.42. The summed E-state index contributed by atoms with van der Waals surface area (Å²) in [5.74, 6) is 1.50. The number of para-hydroxylation sites is 2. The Morgan fingerprint density at radius 2 is 2.00 bits per heavy atom. The highest BCUT2D eigenvalue weighted by Gasteiger charge is 2.28. The van der Waals surface area contributed by atoms with Crippen molar-refractivity contribution in [3.63, 3.8) is 0 Å². The van der Waals surface area contributed by atoms with Crippen LogP contribution in [0.15, 0.2) is 48.8 Å². The molecule has 0 bridgehead atoms. The van der Waals surface area contributed by atoms with E-state index in [1.165, 1.54) is 5.52 Å². The first kappa shape index (κ1) is 16.8. The normalized spacial score (nSPS) is 17.6. The van der Waals surface area contributed by atoms with Gasteiger partial charge in [0.05, 0.1) is 11.0 Å². The Morgan fingerprint density at radius 3 is 2.81 bits per heavy atom. The van der Waals surface area contributed by atoms with Gasteiger partial charge in [-0.3, -0.25) is 9.78 Å². The van der Waals surface area contributed by atoms with E-state index in [0.29, 0.717) is 5.56 Å². The fourth-order valence-electron chi connectivity index (χ4n) is 3.91. The number of hydrogen-bond acceptors (Lipinski definition) is 3. The molecule has 1 saturated heterocycles. The Kier molecular flexibility index (Phi) is 4.69. The minimum Gasteiger partial charge on any atom is -0.338 e. The van der Waals surface area contributed by atoms with E-state index in [2.05, 4.69) is 34.7 Å². The molecule has 0 saturated carbocycles. The number of nitrogens with zero attached hydrogens (tertiary/aromatic N) is 4. The van der Waals surface area contributed by atoms with E-state index in [1.807, 2.05) is 11.0 Å². The van der Waals surface area contributed by atoms with Crippen molar-refractivity contribution < 1.29 is 4.79 Å². The Morgan fingerprint density at radius 1 is 1.19 bits per heavy atom. The molecule has 0 N–H and O–H groups in total. The van der Waals surface area contributed by atoms with Crippen LogP contribution in [0.5, 0.6) is 0 Å². The third kappa shape index (κ3) is 3.09. The molecule has 5 nitrogen and oxygen atoms in total. The number of hydrogen-bond donors (Lipinski definition) is 0. The second kappa shape index (κ2) is 7.28. The minimum absolute atomic E-state index is 0.0928. The Bertz CT molecular complexity index is 903. The van der Waals surface area contributed by atoms with Gasteiger partial charge in [-0.05, 0) is 43.5 Å². The van der Waals surface area contributed by atoms with Crippen molar-refractivity contribution in [2.45, 2.75) is 38.6 Å². The predicted octanol–water partition coefficient (Wildman–Crippen LogP) is 3.86. The standard InChI is InChI=1S/C21H24N4O/c1-2-13-25-19-8-4-3-7-18(19)23-20(25)17-6-5-14-24(15-17)21(26)16-9-11-22-12-10-16/h3-4,7-12,17H,2,5-6,13-15H2,1H3. The highest BCUT2D eigenvalue weighted by atomic mass is 16.2. The maximum atomic E-state index is 12.8. The van der Waals surface area contributed by atoms with Gasteiger partial charge in [-0.2, -0.15) is 0 Å². The van der Waals surface area contributed by atoms with E-state index >= 15 is 0 Å². The predicted molar refractivity (Wildman–Crippen MR) is 102 cm³/mol. The summed E-state index contributed by atoms with van der Waals surface area (Å²) < 4.78 is 2.35. The van der Waals surface area contributed by atoms with Crippen LogP contribution in [0, 0.1) is 0 Å². The lowest BCUT2D eigenvalue weighted by Crippen LogP contribution is -2.39. The van der Waals surface area contributed by atoms with E-state index in [0.717, 1.165) is 50.2 Å². The summed E-state index contributed by atoms with van der Waals surface area (Å²) in [4.78, 5) is 23.7. The second-order valence-electron chi connectivity index (χ2n) is 6.94. The molecule has 1 fully saturated rings. The van der Waals surface area contributed by atoms with Crippen LogP contribution in [-0.4, -0.2) is 38.4 Å². The second-order valence-corrected chi connectivity index (χ2v) is 6.94. The number of likely N-dealkylation sites (tertiary alicyclic amines) is 1. The highest BCUT2D eigenvalue weighted by molar-refractivity contribution is 5.94. The van der Waals surface area contributed by atoms with Gasteiger partial charge in [0.15, 0.2) is 0 Å². The smallest absolute Gasteiger partial charge is 0.253 e. The summed E-state index contributed by atoms with van der Waals surface area (Å²) in [5, 5.41) is 0. The van der Waals surface area contributed by atoms with Gasteiger partial charge < -0.3 is 9.47 Å². The zero-order valence-corrected chi connectivity index (χ0v) is 15.1. The molecular formula is C21H24N4O. The molecule has 1 amide bonds. The molecule has 134 valence electrons. The average Bonchev–Trinajstić information content (AvgIpc) is 3.07. The fraction of sp³-hybridized carbons (Fsp3) is 0.381. The zero-order valence-electron chi connectivity index (χ0n) is 15.1. The topological polar surface area (TPSA) is 51.0 Å². The highest BCUT2D eigenvalue weighted by Crippen LogP contribution is 2.30. The molecule has 0 aliphatic carbocycles. The number of benzene rings is 1. The van der Waals surface area contributed by atoms with Crippen molar-refractivity contribution >= 4 is 16.9 Å². The number of piperidine rings is 1. The Balaban J connectivity index is 1.63. The summed E-state index contributed by atoms with van der Waals surface area (Å²) in [7, 11) is 0. The minimum atomic E-state index is 0.0928. The molecule has 1 aromatic carbocycles. The van der Waals surface area contributed by atoms with Crippen LogP contribution in [0.1, 0.15) is 48.3 Å². The van der Waals surface area contributed by atoms with Crippen molar-refractivity contribution in [2.24, 2.45) is 0 Å². The van der Waals surface area contributed by atoms with Gasteiger partial charge in [0.2, 0.25) is 0 Å². The number of carbonyl (C=O) groups is 1. The third-order valence-electron chi connectivity index (χ3n) is 5.13. The largest absolute Gasteiger partial charge is 0.338 e. The van der Waals surface area contributed by atoms with Gasteiger partial charge in [-0.15, -0.1) is 0 Å². The van der Waals surface area contributed by atoms with Gasteiger partial charge in [0.25, 0.3) is 5.91 Å². The molecule has 3 heterocycles. The number of imidazole rings is 1. The molecule has 3 aromatic rings. The van der Waals surface area contributed by atoms with Crippen LogP contribution >= 0.6 is 0 Å². The molecule has 0 spiro atoms. The molecule has 2 aromatic heterocycles. The number of aromatic nitrogens is 3. The molecule has 1 aliphatic heterocycles. The molecule has 1 unspecified atom stereocenters. The molecule has 1 atom stereocenters. The van der Waals surface area contributed by atoms with Crippen LogP contribution in [0.3, 0.4) is 0 Å². The monoisotopic (exact) mass is 348 g/mol. The number of fused-ring (bicyclic) bond motifs is 1. The van der Waals surface area contributed by atoms with Crippen molar-refractivity contribution in [3.8, 4) is 0 Å². The molecule has 1 aliphatic rings. The Labute approximate surface area is 153 Å². The van der Waals surface area contributed by atoms with E-state index in [1.54, 1.807) is 24.5 Å². The van der Waals surface area contributed by atoms with Gasteiger partial charge in [0, 0.05) is 43.5 Å². The summed E-state index contributed by atoms with van der Waals surface area (Å²) in [6.07, 6.45) is 6.51. The summed E-state index contributed by atoms with van der Waals surface area (Å²) >= 11 is 0. The maximum absolute atomic E-state index is 12.8. The molecular weight excluding hydrogens is 324 g/mol. The van der Waals surface area contributed by atoms with Crippen molar-refractivity contribution in [2.75, 3.05) is 13.1 Å². The lowest BCUT2D eigenvalue weighted by atomic mass is 9.96. The molecule has 5 heteroatoms. The van der Waals surface area contributed by atoms with E-state index in [-0.39, 0.29) is 11.8 Å². The number of pyridine rings is 1. The maximum Gasteiger partial charge on any atom is 0.253 e. The van der Waals surface area contributed by atoms with E-state index < -0.39 is 0 Å². The summed E-state index contributed by atoms with van der Waals surface area (Å²) in [5.41, 5.74) is 2.96. The zero-order chi connectivity index (χ0) is 17.9. The number of amides is 1. The summed E-state index contributed by atoms with van der Waals surface area (Å²) in [6.45, 7) is 4.70. The molecule has 0 radical (unpaired) electrons. The summed E-state index contributed by atoms with van der Waals surface area (Å²) in [6, 6.07) is 11.9. The number of carbonyl (C=O) groups excluding carboxylic acids is 1. The van der Waals surface area contributed by atoms with Crippen molar-refractivity contribution in [3.05, 3.63) is 60.2 Å². The fourth-order valence-corrected chi connectivity index (χ4v) is 3.91. The van der Waals surface area contributed by atoms with Crippen molar-refractivity contribution in [1.29, 1.82) is 0 Å². The third-order valence-corrected chi connectivity index (χ3v) is 5.13. The van der Waals surface area contributed by atoms with Gasteiger partial charge in [-0.25, -0.2) is 4.98 Å². The molecule has 26 heavy (non-hydrogen) atoms. The van der Waals surface area contributed by atoms with Gasteiger partial charge in [-0.1, -0.05) is 19.1 Å². The number of aryl methyl sites for hydroxylation is 1. The van der Waals surface area contributed by atoms with E-state index in [4.69, 9.17) is 4.98 Å². The first-order valence-corrected chi connectivity index (χ1v) is 9.42. The van der Waals surface area contributed by atoms with Crippen LogP contribution in [0.4, 0.5) is 0 Å². The Hall–Kier alpha value is -2.69. The number of rotatable bonds is 4. The van der Waals surface area contributed by atoms with Crippen molar-refractivity contribution in [1.82, 2.24) is 19.4 Å². The van der Waals surface area contributed by atoms with Crippen LogP contribution in [0.25, 0.3) is 11.0 Å².